The van der Waals surface area contributed by atoms with Gasteiger partial charge in [-0.05, 0) is 29.3 Å². The van der Waals surface area contributed by atoms with Crippen LogP contribution < -0.4 is 15.5 Å². The maximum absolute atomic E-state index is 13.0. The standard InChI is InChI=1S/C19H21N3O3/c1-11(18(24)20-3)22-17-9-8-13-6-4-5-7-14(13)15(17)10-16(19(22)25)21-12(2)23/h4-9,11,16H,10H2,1-3H3,(H,20,24)(H,21,23)/t11-,16-/m0/s1. The van der Waals surface area contributed by atoms with E-state index in [4.69, 9.17) is 0 Å². The number of anilines is 1. The maximum atomic E-state index is 13.0. The molecule has 2 N–H and O–H groups in total. The lowest BCUT2D eigenvalue weighted by molar-refractivity contribution is -0.129. The third-order valence-corrected chi connectivity index (χ3v) is 4.61. The van der Waals surface area contributed by atoms with Crippen molar-refractivity contribution in [3.05, 3.63) is 42.0 Å². The summed E-state index contributed by atoms with van der Waals surface area (Å²) >= 11 is 0. The SMILES string of the molecule is CNC(=O)[C@H](C)N1C(=O)[C@@H](NC(C)=O)Cc2c1ccc1ccccc21. The molecule has 2 aromatic carbocycles. The molecule has 1 heterocycles. The first-order valence-corrected chi connectivity index (χ1v) is 8.26. The second kappa shape index (κ2) is 6.55. The predicted octanol–water partition coefficient (Wildman–Crippen LogP) is 1.37. The van der Waals surface area contributed by atoms with E-state index in [0.29, 0.717) is 6.42 Å². The van der Waals surface area contributed by atoms with Gasteiger partial charge in [0.05, 0.1) is 0 Å². The molecule has 2 atom stereocenters. The maximum Gasteiger partial charge on any atom is 0.250 e. The van der Waals surface area contributed by atoms with Gasteiger partial charge < -0.3 is 10.6 Å². The van der Waals surface area contributed by atoms with Crippen molar-refractivity contribution < 1.29 is 14.4 Å². The van der Waals surface area contributed by atoms with Crippen LogP contribution in [0.2, 0.25) is 0 Å². The Morgan fingerprint density at radius 2 is 1.92 bits per heavy atom. The smallest absolute Gasteiger partial charge is 0.250 e. The van der Waals surface area contributed by atoms with Crippen LogP contribution in [-0.4, -0.2) is 36.9 Å². The van der Waals surface area contributed by atoms with Gasteiger partial charge in [0.25, 0.3) is 5.91 Å². The van der Waals surface area contributed by atoms with E-state index in [-0.39, 0.29) is 17.7 Å². The zero-order valence-corrected chi connectivity index (χ0v) is 14.5. The molecule has 0 aromatic heterocycles. The topological polar surface area (TPSA) is 78.5 Å². The lowest BCUT2D eigenvalue weighted by atomic mass is 9.91. The van der Waals surface area contributed by atoms with Crippen LogP contribution in [0.5, 0.6) is 0 Å². The van der Waals surface area contributed by atoms with E-state index in [9.17, 15) is 14.4 Å². The Labute approximate surface area is 146 Å². The lowest BCUT2D eigenvalue weighted by Gasteiger charge is -2.38. The van der Waals surface area contributed by atoms with Gasteiger partial charge in [-0.3, -0.25) is 19.3 Å². The highest BCUT2D eigenvalue weighted by Gasteiger charge is 2.38. The molecule has 6 nitrogen and oxygen atoms in total. The van der Waals surface area contributed by atoms with Gasteiger partial charge in [-0.25, -0.2) is 0 Å². The van der Waals surface area contributed by atoms with Crippen LogP contribution in [-0.2, 0) is 20.8 Å². The minimum atomic E-state index is -0.678. The summed E-state index contributed by atoms with van der Waals surface area (Å²) in [5, 5.41) is 7.39. The second-order valence-corrected chi connectivity index (χ2v) is 6.24. The van der Waals surface area contributed by atoms with E-state index in [0.717, 1.165) is 22.0 Å². The van der Waals surface area contributed by atoms with Crippen molar-refractivity contribution in [2.24, 2.45) is 0 Å². The summed E-state index contributed by atoms with van der Waals surface area (Å²) in [7, 11) is 1.54. The summed E-state index contributed by atoms with van der Waals surface area (Å²) in [4.78, 5) is 38.1. The van der Waals surface area contributed by atoms with Gasteiger partial charge in [0.1, 0.15) is 12.1 Å². The first-order valence-electron chi connectivity index (χ1n) is 8.26. The number of amides is 3. The predicted molar refractivity (Wildman–Crippen MR) is 96.3 cm³/mol. The van der Waals surface area contributed by atoms with Crippen molar-refractivity contribution in [2.75, 3.05) is 11.9 Å². The average Bonchev–Trinajstić information content (AvgIpc) is 2.60. The summed E-state index contributed by atoms with van der Waals surface area (Å²) in [6, 6.07) is 10.4. The molecule has 0 aliphatic carbocycles. The summed E-state index contributed by atoms with van der Waals surface area (Å²) in [6.45, 7) is 3.07. The number of carbonyl (C=O) groups excluding carboxylic acids is 3. The molecule has 0 spiro atoms. The van der Waals surface area contributed by atoms with Crippen LogP contribution in [0.1, 0.15) is 19.4 Å². The van der Waals surface area contributed by atoms with Crippen LogP contribution in [0, 0.1) is 0 Å². The van der Waals surface area contributed by atoms with E-state index in [1.165, 1.54) is 11.8 Å². The number of hydrogen-bond donors (Lipinski definition) is 2. The number of carbonyl (C=O) groups is 3. The summed E-state index contributed by atoms with van der Waals surface area (Å²) in [6.07, 6.45) is 0.409. The van der Waals surface area contributed by atoms with E-state index in [2.05, 4.69) is 10.6 Å². The van der Waals surface area contributed by atoms with Gasteiger partial charge in [-0.2, -0.15) is 0 Å². The molecule has 3 rings (SSSR count). The number of rotatable bonds is 3. The normalized spacial score (nSPS) is 17.8. The molecule has 0 saturated carbocycles. The van der Waals surface area contributed by atoms with Crippen molar-refractivity contribution in [1.29, 1.82) is 0 Å². The van der Waals surface area contributed by atoms with Gasteiger partial charge in [0, 0.05) is 26.1 Å². The van der Waals surface area contributed by atoms with Crippen molar-refractivity contribution in [3.63, 3.8) is 0 Å². The molecule has 0 fully saturated rings. The zero-order valence-electron chi connectivity index (χ0n) is 14.5. The quantitative estimate of drug-likeness (QED) is 0.886. The van der Waals surface area contributed by atoms with Gasteiger partial charge in [0.15, 0.2) is 0 Å². The Morgan fingerprint density at radius 1 is 1.20 bits per heavy atom. The Kier molecular flexibility index (Phi) is 4.44. The number of benzene rings is 2. The molecule has 1 aliphatic heterocycles. The van der Waals surface area contributed by atoms with Crippen LogP contribution in [0.15, 0.2) is 36.4 Å². The minimum absolute atomic E-state index is 0.254. The minimum Gasteiger partial charge on any atom is -0.357 e. The van der Waals surface area contributed by atoms with Gasteiger partial charge in [0.2, 0.25) is 11.8 Å². The van der Waals surface area contributed by atoms with Gasteiger partial charge >= 0.3 is 0 Å². The van der Waals surface area contributed by atoms with Crippen LogP contribution in [0.25, 0.3) is 10.8 Å². The third kappa shape index (κ3) is 2.95. The molecule has 0 bridgehead atoms. The fraction of sp³-hybridized carbons (Fsp3) is 0.316. The van der Waals surface area contributed by atoms with E-state index >= 15 is 0 Å². The van der Waals surface area contributed by atoms with Crippen LogP contribution >= 0.6 is 0 Å². The third-order valence-electron chi connectivity index (χ3n) is 4.61. The number of likely N-dealkylation sites (N-methyl/N-ethyl adjacent to an activating group) is 1. The monoisotopic (exact) mass is 339 g/mol. The largest absolute Gasteiger partial charge is 0.357 e. The molecule has 3 amide bonds. The highest BCUT2D eigenvalue weighted by Crippen LogP contribution is 2.35. The van der Waals surface area contributed by atoms with Gasteiger partial charge in [-0.15, -0.1) is 0 Å². The molecule has 1 aliphatic rings. The van der Waals surface area contributed by atoms with E-state index < -0.39 is 12.1 Å². The van der Waals surface area contributed by atoms with E-state index in [1.54, 1.807) is 14.0 Å². The Bertz CT molecular complexity index is 862. The molecule has 0 unspecified atom stereocenters. The average molecular weight is 339 g/mol. The van der Waals surface area contributed by atoms with Gasteiger partial charge in [-0.1, -0.05) is 30.3 Å². The number of hydrogen-bond acceptors (Lipinski definition) is 3. The Hall–Kier alpha value is -2.89. The molecule has 130 valence electrons. The first-order chi connectivity index (χ1) is 11.9. The molecule has 6 heteroatoms. The molecule has 2 aromatic rings. The highest BCUT2D eigenvalue weighted by atomic mass is 16.2. The molecule has 0 radical (unpaired) electrons. The zero-order chi connectivity index (χ0) is 18.1. The number of nitrogens with zero attached hydrogens (tertiary/aromatic N) is 1. The van der Waals surface area contributed by atoms with Crippen molar-refractivity contribution in [1.82, 2.24) is 10.6 Å². The molecular weight excluding hydrogens is 318 g/mol. The summed E-state index contributed by atoms with van der Waals surface area (Å²) < 4.78 is 0. The summed E-state index contributed by atoms with van der Waals surface area (Å²) in [5.41, 5.74) is 1.69. The fourth-order valence-corrected chi connectivity index (χ4v) is 3.43. The summed E-state index contributed by atoms with van der Waals surface area (Å²) in [5.74, 6) is -0.792. The Morgan fingerprint density at radius 3 is 2.60 bits per heavy atom. The highest BCUT2D eigenvalue weighted by molar-refractivity contribution is 6.09. The Balaban J connectivity index is 2.17. The second-order valence-electron chi connectivity index (χ2n) is 6.24. The van der Waals surface area contributed by atoms with Crippen molar-refractivity contribution >= 4 is 34.2 Å². The van der Waals surface area contributed by atoms with Crippen molar-refractivity contribution in [2.45, 2.75) is 32.4 Å². The molecule has 25 heavy (non-hydrogen) atoms. The van der Waals surface area contributed by atoms with Crippen molar-refractivity contribution in [3.8, 4) is 0 Å². The van der Waals surface area contributed by atoms with Crippen LogP contribution in [0.4, 0.5) is 5.69 Å². The number of fused-ring (bicyclic) bond motifs is 3. The lowest BCUT2D eigenvalue weighted by Crippen LogP contribution is -2.58. The molecule has 0 saturated heterocycles. The fourth-order valence-electron chi connectivity index (χ4n) is 3.43. The first kappa shape index (κ1) is 17.0. The molecular formula is C19H21N3O3. The van der Waals surface area contributed by atoms with Crippen LogP contribution in [0.3, 0.4) is 0 Å². The number of nitrogens with one attached hydrogen (secondary N) is 2. The van der Waals surface area contributed by atoms with E-state index in [1.807, 2.05) is 36.4 Å².